The Labute approximate surface area is 118 Å². The van der Waals surface area contributed by atoms with Crippen molar-refractivity contribution >= 4 is 27.8 Å². The van der Waals surface area contributed by atoms with Gasteiger partial charge in [-0.15, -0.1) is 0 Å². The van der Waals surface area contributed by atoms with Crippen LogP contribution in [0.4, 0.5) is 0 Å². The maximum absolute atomic E-state index is 11.5. The van der Waals surface area contributed by atoms with E-state index in [1.54, 1.807) is 18.2 Å². The van der Waals surface area contributed by atoms with Gasteiger partial charge in [-0.05, 0) is 18.2 Å². The molecule has 19 heavy (non-hydrogen) atoms. The second kappa shape index (κ2) is 7.75. The topological polar surface area (TPSA) is 95.9 Å². The van der Waals surface area contributed by atoms with E-state index in [4.69, 9.17) is 14.9 Å². The second-order valence-corrected chi connectivity index (χ2v) is 4.63. The third-order valence-corrected chi connectivity index (χ3v) is 2.71. The first kappa shape index (κ1) is 15.5. The number of carbonyl (C=O) groups is 2. The number of rotatable bonds is 7. The van der Waals surface area contributed by atoms with Gasteiger partial charge in [-0.1, -0.05) is 22.0 Å². The number of hydrogen-bond acceptors (Lipinski definition) is 4. The van der Waals surface area contributed by atoms with Gasteiger partial charge in [0.15, 0.2) is 6.61 Å². The predicted octanol–water partition coefficient (Wildman–Crippen LogP) is 0.780. The monoisotopic (exact) mass is 331 g/mol. The molecule has 1 atom stereocenters. The molecule has 1 aromatic rings. The minimum Gasteiger partial charge on any atom is -0.484 e. The quantitative estimate of drug-likeness (QED) is 0.686. The fraction of sp³-hybridized carbons (Fsp3) is 0.333. The van der Waals surface area contributed by atoms with Gasteiger partial charge in [0, 0.05) is 17.5 Å². The van der Waals surface area contributed by atoms with Crippen molar-refractivity contribution in [1.29, 1.82) is 0 Å². The zero-order chi connectivity index (χ0) is 14.3. The van der Waals surface area contributed by atoms with Gasteiger partial charge in [0.05, 0.1) is 0 Å². The average molecular weight is 332 g/mol. The van der Waals surface area contributed by atoms with Crippen LogP contribution >= 0.6 is 15.9 Å². The maximum atomic E-state index is 11.5. The number of aliphatic hydroxyl groups is 1. The summed E-state index contributed by atoms with van der Waals surface area (Å²) in [5, 5.41) is 19.8. The van der Waals surface area contributed by atoms with Crippen molar-refractivity contribution in [1.82, 2.24) is 5.32 Å². The zero-order valence-electron chi connectivity index (χ0n) is 10.0. The number of carboxylic acid groups (broad SMARTS) is 1. The standard InChI is InChI=1S/C12H14BrNO5/c13-8-2-1-3-9(6-8)19-7-11(16)14-10(4-5-15)12(17)18/h1-3,6,10,15H,4-5,7H2,(H,14,16)(H,17,18). The van der Waals surface area contributed by atoms with Crippen LogP contribution in [0.25, 0.3) is 0 Å². The first-order valence-electron chi connectivity index (χ1n) is 5.54. The third-order valence-electron chi connectivity index (χ3n) is 2.22. The molecule has 0 spiro atoms. The summed E-state index contributed by atoms with van der Waals surface area (Å²) in [6.45, 7) is -0.602. The van der Waals surface area contributed by atoms with Crippen LogP contribution in [0, 0.1) is 0 Å². The highest BCUT2D eigenvalue weighted by Gasteiger charge is 2.19. The summed E-state index contributed by atoms with van der Waals surface area (Å²) < 4.78 is 6.02. The highest BCUT2D eigenvalue weighted by atomic mass is 79.9. The van der Waals surface area contributed by atoms with Crippen LogP contribution in [0.3, 0.4) is 0 Å². The van der Waals surface area contributed by atoms with Crippen LogP contribution in [0.5, 0.6) is 5.75 Å². The molecule has 1 unspecified atom stereocenters. The Morgan fingerprint density at radius 3 is 2.74 bits per heavy atom. The highest BCUT2D eigenvalue weighted by Crippen LogP contribution is 2.17. The molecule has 0 heterocycles. The first-order valence-corrected chi connectivity index (χ1v) is 6.33. The number of nitrogens with one attached hydrogen (secondary N) is 1. The molecular formula is C12H14BrNO5. The van der Waals surface area contributed by atoms with Gasteiger partial charge < -0.3 is 20.3 Å². The molecule has 1 amide bonds. The van der Waals surface area contributed by atoms with E-state index in [1.165, 1.54) is 0 Å². The van der Waals surface area contributed by atoms with E-state index in [-0.39, 0.29) is 19.6 Å². The van der Waals surface area contributed by atoms with Crippen molar-refractivity contribution in [3.05, 3.63) is 28.7 Å². The number of aliphatic hydroxyl groups excluding tert-OH is 1. The molecular weight excluding hydrogens is 318 g/mol. The molecule has 0 saturated carbocycles. The van der Waals surface area contributed by atoms with Crippen molar-refractivity contribution in [2.24, 2.45) is 0 Å². The van der Waals surface area contributed by atoms with Gasteiger partial charge in [0.1, 0.15) is 11.8 Å². The van der Waals surface area contributed by atoms with Gasteiger partial charge in [0.25, 0.3) is 5.91 Å². The van der Waals surface area contributed by atoms with E-state index in [0.717, 1.165) is 4.47 Å². The number of aliphatic carboxylic acids is 1. The number of carboxylic acids is 1. The number of halogens is 1. The number of carbonyl (C=O) groups excluding carboxylic acids is 1. The van der Waals surface area contributed by atoms with E-state index in [2.05, 4.69) is 21.2 Å². The lowest BCUT2D eigenvalue weighted by atomic mass is 10.2. The van der Waals surface area contributed by atoms with Gasteiger partial charge in [-0.25, -0.2) is 4.79 Å². The van der Waals surface area contributed by atoms with E-state index in [0.29, 0.717) is 5.75 Å². The summed E-state index contributed by atoms with van der Waals surface area (Å²) in [6.07, 6.45) is -0.0437. The minimum atomic E-state index is -1.19. The van der Waals surface area contributed by atoms with Crippen molar-refractivity contribution < 1.29 is 24.5 Å². The minimum absolute atomic E-state index is 0.0437. The first-order chi connectivity index (χ1) is 9.02. The number of ether oxygens (including phenoxy) is 1. The van der Waals surface area contributed by atoms with Gasteiger partial charge in [-0.3, -0.25) is 4.79 Å². The van der Waals surface area contributed by atoms with Crippen LogP contribution < -0.4 is 10.1 Å². The molecule has 0 saturated heterocycles. The van der Waals surface area contributed by atoms with Crippen LogP contribution in [-0.4, -0.2) is 41.3 Å². The second-order valence-electron chi connectivity index (χ2n) is 3.72. The summed E-state index contributed by atoms with van der Waals surface area (Å²) >= 11 is 3.26. The van der Waals surface area contributed by atoms with Crippen LogP contribution in [0.1, 0.15) is 6.42 Å². The molecule has 0 aliphatic rings. The fourth-order valence-electron chi connectivity index (χ4n) is 1.33. The lowest BCUT2D eigenvalue weighted by Gasteiger charge is -2.13. The molecule has 1 aromatic carbocycles. The molecule has 3 N–H and O–H groups in total. The van der Waals surface area contributed by atoms with Crippen LogP contribution in [0.15, 0.2) is 28.7 Å². The molecule has 7 heteroatoms. The Morgan fingerprint density at radius 2 is 2.16 bits per heavy atom. The molecule has 0 bridgehead atoms. The molecule has 0 aromatic heterocycles. The molecule has 6 nitrogen and oxygen atoms in total. The number of benzene rings is 1. The van der Waals surface area contributed by atoms with Crippen molar-refractivity contribution in [3.8, 4) is 5.75 Å². The average Bonchev–Trinajstić information content (AvgIpc) is 2.36. The third kappa shape index (κ3) is 5.71. The lowest BCUT2D eigenvalue weighted by molar-refractivity contribution is -0.142. The molecule has 0 aliphatic carbocycles. The molecule has 1 rings (SSSR count). The summed E-state index contributed by atoms with van der Waals surface area (Å²) in [5.41, 5.74) is 0. The lowest BCUT2D eigenvalue weighted by Crippen LogP contribution is -2.43. The molecule has 0 fully saturated rings. The van der Waals surface area contributed by atoms with Gasteiger partial charge in [0.2, 0.25) is 0 Å². The summed E-state index contributed by atoms with van der Waals surface area (Å²) in [6, 6.07) is 5.83. The van der Waals surface area contributed by atoms with Crippen molar-refractivity contribution in [3.63, 3.8) is 0 Å². The summed E-state index contributed by atoms with van der Waals surface area (Å²) in [7, 11) is 0. The van der Waals surface area contributed by atoms with Crippen LogP contribution in [-0.2, 0) is 9.59 Å². The Morgan fingerprint density at radius 1 is 1.42 bits per heavy atom. The Balaban J connectivity index is 2.44. The van der Waals surface area contributed by atoms with Crippen molar-refractivity contribution in [2.45, 2.75) is 12.5 Å². The molecule has 0 radical (unpaired) electrons. The summed E-state index contributed by atoms with van der Waals surface area (Å²) in [4.78, 5) is 22.3. The molecule has 104 valence electrons. The number of amides is 1. The normalized spacial score (nSPS) is 11.7. The zero-order valence-corrected chi connectivity index (χ0v) is 11.6. The fourth-order valence-corrected chi connectivity index (χ4v) is 1.71. The van der Waals surface area contributed by atoms with E-state index >= 15 is 0 Å². The Hall–Kier alpha value is -1.60. The summed E-state index contributed by atoms with van der Waals surface area (Å²) in [5.74, 6) is -1.25. The molecule has 0 aliphatic heterocycles. The predicted molar refractivity (Wildman–Crippen MR) is 70.9 cm³/mol. The van der Waals surface area contributed by atoms with Gasteiger partial charge >= 0.3 is 5.97 Å². The Bertz CT molecular complexity index is 452. The maximum Gasteiger partial charge on any atom is 0.326 e. The van der Waals surface area contributed by atoms with Crippen LogP contribution in [0.2, 0.25) is 0 Å². The van der Waals surface area contributed by atoms with Crippen molar-refractivity contribution in [2.75, 3.05) is 13.2 Å². The number of hydrogen-bond donors (Lipinski definition) is 3. The SMILES string of the molecule is O=C(COc1cccc(Br)c1)NC(CCO)C(=O)O. The largest absolute Gasteiger partial charge is 0.484 e. The highest BCUT2D eigenvalue weighted by molar-refractivity contribution is 9.10. The van der Waals surface area contributed by atoms with E-state index in [1.807, 2.05) is 6.07 Å². The van der Waals surface area contributed by atoms with E-state index < -0.39 is 17.9 Å². The van der Waals surface area contributed by atoms with E-state index in [9.17, 15) is 9.59 Å². The smallest absolute Gasteiger partial charge is 0.326 e. The Kier molecular flexibility index (Phi) is 6.31. The van der Waals surface area contributed by atoms with Gasteiger partial charge in [-0.2, -0.15) is 0 Å².